The average Bonchev–Trinajstić information content (AvgIpc) is 3.54. The second kappa shape index (κ2) is 11.6. The average molecular weight is 542 g/mol. The van der Waals surface area contributed by atoms with Gasteiger partial charge < -0.3 is 26.4 Å². The number of hydrogen-bond acceptors (Lipinski definition) is 7. The van der Waals surface area contributed by atoms with Crippen LogP contribution in [-0.4, -0.2) is 40.1 Å². The molecule has 3 aromatic rings. The minimum absolute atomic E-state index is 0.0370. The van der Waals surface area contributed by atoms with Gasteiger partial charge in [0.15, 0.2) is 5.69 Å². The molecule has 194 valence electrons. The molecule has 37 heavy (non-hydrogen) atoms. The fourth-order valence-electron chi connectivity index (χ4n) is 4.44. The standard InChI is InChI=1S/C26H28ClN5O4S/c1-36-19-12-6-15(7-13-19)14-32(26(35)23-20(28)21(24(29)33)31-37-23)22(16-8-10-17(27)11-9-16)25(34)30-18-4-2-3-5-18/h6-13,18,22H,2-5,14,28H2,1H3,(H2,29,33)(H,30,34). The molecule has 1 aliphatic carbocycles. The normalized spacial score (nSPS) is 14.2. The topological polar surface area (TPSA) is 141 Å². The molecule has 4 rings (SSSR count). The van der Waals surface area contributed by atoms with Gasteiger partial charge in [0.05, 0.1) is 12.8 Å². The number of rotatable bonds is 9. The van der Waals surface area contributed by atoms with Crippen LogP contribution in [0.2, 0.25) is 5.02 Å². The number of anilines is 1. The summed E-state index contributed by atoms with van der Waals surface area (Å²) in [7, 11) is 1.57. The molecule has 0 saturated heterocycles. The SMILES string of the molecule is COc1ccc(CN(C(=O)c2snc(C(N)=O)c2N)C(C(=O)NC2CCCC2)c2ccc(Cl)cc2)cc1. The van der Waals surface area contributed by atoms with Crippen LogP contribution < -0.4 is 21.5 Å². The zero-order valence-electron chi connectivity index (χ0n) is 20.3. The number of carbonyl (C=O) groups is 3. The summed E-state index contributed by atoms with van der Waals surface area (Å²) < 4.78 is 9.23. The third-order valence-corrected chi connectivity index (χ3v) is 7.48. The Morgan fingerprint density at radius 3 is 2.35 bits per heavy atom. The lowest BCUT2D eigenvalue weighted by Crippen LogP contribution is -2.45. The lowest BCUT2D eigenvalue weighted by Gasteiger charge is -2.32. The summed E-state index contributed by atoms with van der Waals surface area (Å²) in [5, 5.41) is 3.62. The van der Waals surface area contributed by atoms with E-state index in [2.05, 4.69) is 9.69 Å². The predicted octanol–water partition coefficient (Wildman–Crippen LogP) is 3.93. The Balaban J connectivity index is 1.78. The van der Waals surface area contributed by atoms with Gasteiger partial charge in [-0.25, -0.2) is 0 Å². The number of hydrogen-bond donors (Lipinski definition) is 3. The van der Waals surface area contributed by atoms with Crippen molar-refractivity contribution in [1.82, 2.24) is 14.6 Å². The monoisotopic (exact) mass is 541 g/mol. The van der Waals surface area contributed by atoms with Crippen molar-refractivity contribution in [3.8, 4) is 5.75 Å². The van der Waals surface area contributed by atoms with Crippen LogP contribution in [0.25, 0.3) is 0 Å². The van der Waals surface area contributed by atoms with E-state index >= 15 is 0 Å². The lowest BCUT2D eigenvalue weighted by molar-refractivity contribution is -0.126. The van der Waals surface area contributed by atoms with E-state index < -0.39 is 17.9 Å². The molecule has 1 unspecified atom stereocenters. The molecule has 1 fully saturated rings. The molecule has 5 N–H and O–H groups in total. The summed E-state index contributed by atoms with van der Waals surface area (Å²) in [6, 6.07) is 13.0. The number of primary amides is 1. The van der Waals surface area contributed by atoms with Crippen molar-refractivity contribution in [2.45, 2.75) is 44.3 Å². The molecular weight excluding hydrogens is 514 g/mol. The molecule has 1 saturated carbocycles. The Morgan fingerprint density at radius 2 is 1.78 bits per heavy atom. The largest absolute Gasteiger partial charge is 0.497 e. The molecule has 0 spiro atoms. The molecule has 3 amide bonds. The quantitative estimate of drug-likeness (QED) is 0.375. The minimum Gasteiger partial charge on any atom is -0.497 e. The lowest BCUT2D eigenvalue weighted by atomic mass is 10.0. The fourth-order valence-corrected chi connectivity index (χ4v) is 5.32. The van der Waals surface area contributed by atoms with E-state index in [1.165, 1.54) is 4.90 Å². The van der Waals surface area contributed by atoms with E-state index in [0.717, 1.165) is 42.8 Å². The summed E-state index contributed by atoms with van der Waals surface area (Å²) >= 11 is 6.90. The molecular formula is C26H28ClN5O4S. The Morgan fingerprint density at radius 1 is 1.14 bits per heavy atom. The molecule has 9 nitrogen and oxygen atoms in total. The number of amides is 3. The van der Waals surface area contributed by atoms with Gasteiger partial charge in [0.25, 0.3) is 11.8 Å². The Hall–Kier alpha value is -3.63. The molecule has 1 aromatic heterocycles. The van der Waals surface area contributed by atoms with Crippen LogP contribution in [0, 0.1) is 0 Å². The highest BCUT2D eigenvalue weighted by Gasteiger charge is 2.36. The van der Waals surface area contributed by atoms with E-state index in [9.17, 15) is 14.4 Å². The van der Waals surface area contributed by atoms with E-state index in [-0.39, 0.29) is 34.8 Å². The molecule has 11 heteroatoms. The molecule has 0 bridgehead atoms. The van der Waals surface area contributed by atoms with Crippen molar-refractivity contribution in [1.29, 1.82) is 0 Å². The van der Waals surface area contributed by atoms with Crippen molar-refractivity contribution in [3.05, 3.63) is 75.3 Å². The van der Waals surface area contributed by atoms with Crippen LogP contribution >= 0.6 is 23.1 Å². The maximum atomic E-state index is 14.0. The number of benzene rings is 2. The summed E-state index contributed by atoms with van der Waals surface area (Å²) in [5.41, 5.74) is 12.6. The van der Waals surface area contributed by atoms with Gasteiger partial charge in [-0.1, -0.05) is 48.7 Å². The first-order valence-corrected chi connectivity index (χ1v) is 13.0. The van der Waals surface area contributed by atoms with Gasteiger partial charge in [0, 0.05) is 17.6 Å². The zero-order chi connectivity index (χ0) is 26.5. The molecule has 1 heterocycles. The molecule has 0 radical (unpaired) electrons. The van der Waals surface area contributed by atoms with Crippen molar-refractivity contribution in [2.75, 3.05) is 12.8 Å². The summed E-state index contributed by atoms with van der Waals surface area (Å²) in [4.78, 5) is 41.0. The van der Waals surface area contributed by atoms with Gasteiger partial charge in [-0.2, -0.15) is 4.37 Å². The van der Waals surface area contributed by atoms with E-state index in [0.29, 0.717) is 16.3 Å². The van der Waals surface area contributed by atoms with Gasteiger partial charge >= 0.3 is 0 Å². The number of nitrogens with two attached hydrogens (primary N) is 2. The molecule has 1 aliphatic rings. The Kier molecular flexibility index (Phi) is 8.30. The summed E-state index contributed by atoms with van der Waals surface area (Å²) in [6.07, 6.45) is 3.85. The van der Waals surface area contributed by atoms with Gasteiger partial charge in [0.2, 0.25) is 5.91 Å². The first-order chi connectivity index (χ1) is 17.8. The van der Waals surface area contributed by atoms with Crippen molar-refractivity contribution in [3.63, 3.8) is 0 Å². The predicted molar refractivity (Wildman–Crippen MR) is 143 cm³/mol. The highest BCUT2D eigenvalue weighted by atomic mass is 35.5. The van der Waals surface area contributed by atoms with E-state index in [1.807, 2.05) is 12.1 Å². The molecule has 2 aromatic carbocycles. The van der Waals surface area contributed by atoms with Crippen molar-refractivity contribution in [2.24, 2.45) is 5.73 Å². The first kappa shape index (κ1) is 26.4. The Bertz CT molecular complexity index is 1270. The zero-order valence-corrected chi connectivity index (χ0v) is 21.8. The first-order valence-electron chi connectivity index (χ1n) is 11.8. The van der Waals surface area contributed by atoms with Crippen LogP contribution in [0.4, 0.5) is 5.69 Å². The van der Waals surface area contributed by atoms with Crippen LogP contribution in [-0.2, 0) is 11.3 Å². The van der Waals surface area contributed by atoms with Crippen molar-refractivity contribution < 1.29 is 19.1 Å². The van der Waals surface area contributed by atoms with Crippen LogP contribution in [0.3, 0.4) is 0 Å². The third kappa shape index (κ3) is 6.03. The van der Waals surface area contributed by atoms with Crippen LogP contribution in [0.5, 0.6) is 5.75 Å². The molecule has 1 atom stereocenters. The van der Waals surface area contributed by atoms with Gasteiger partial charge in [-0.15, -0.1) is 0 Å². The smallest absolute Gasteiger partial charge is 0.270 e. The highest BCUT2D eigenvalue weighted by Crippen LogP contribution is 2.32. The third-order valence-electron chi connectivity index (χ3n) is 6.38. The van der Waals surface area contributed by atoms with Gasteiger partial charge in [-0.05, 0) is 59.8 Å². The Labute approximate surface area is 223 Å². The number of aromatic nitrogens is 1. The summed E-state index contributed by atoms with van der Waals surface area (Å²) in [6.45, 7) is 0.0808. The molecule has 0 aliphatic heterocycles. The number of nitrogens with one attached hydrogen (secondary N) is 1. The number of ether oxygens (including phenoxy) is 1. The van der Waals surface area contributed by atoms with E-state index in [4.69, 9.17) is 27.8 Å². The van der Waals surface area contributed by atoms with Crippen LogP contribution in [0.1, 0.15) is 63.0 Å². The minimum atomic E-state index is -0.994. The maximum absolute atomic E-state index is 14.0. The van der Waals surface area contributed by atoms with E-state index in [1.54, 1.807) is 43.5 Å². The number of carbonyl (C=O) groups excluding carboxylic acids is 3. The second-order valence-corrected chi connectivity index (χ2v) is 10.1. The summed E-state index contributed by atoms with van der Waals surface area (Å²) in [5.74, 6) is -1.02. The number of nitrogen functional groups attached to an aromatic ring is 1. The second-order valence-electron chi connectivity index (χ2n) is 8.86. The number of methoxy groups -OCH3 is 1. The number of nitrogens with zero attached hydrogens (tertiary/aromatic N) is 2. The van der Waals surface area contributed by atoms with Gasteiger partial charge in [0.1, 0.15) is 16.7 Å². The fraction of sp³-hybridized carbons (Fsp3) is 0.308. The highest BCUT2D eigenvalue weighted by molar-refractivity contribution is 7.09. The van der Waals surface area contributed by atoms with Crippen LogP contribution in [0.15, 0.2) is 48.5 Å². The van der Waals surface area contributed by atoms with Gasteiger partial charge in [-0.3, -0.25) is 14.4 Å². The van der Waals surface area contributed by atoms with Crippen molar-refractivity contribution >= 4 is 46.5 Å². The number of halogens is 1. The maximum Gasteiger partial charge on any atom is 0.270 e.